The number of hydrogen-bond acceptors (Lipinski definition) is 3. The third kappa shape index (κ3) is 3.19. The summed E-state index contributed by atoms with van der Waals surface area (Å²) >= 11 is 0. The second kappa shape index (κ2) is 6.03. The van der Waals surface area contributed by atoms with Crippen molar-refractivity contribution >= 4 is 15.7 Å². The largest absolute Gasteiger partial charge is 0.342 e. The van der Waals surface area contributed by atoms with Gasteiger partial charge >= 0.3 is 0 Å². The molecule has 0 aromatic heterocycles. The molecule has 22 heavy (non-hydrogen) atoms. The van der Waals surface area contributed by atoms with Crippen LogP contribution in [0.5, 0.6) is 0 Å². The molecule has 3 rings (SSSR count). The van der Waals surface area contributed by atoms with Gasteiger partial charge in [0.15, 0.2) is 9.84 Å². The van der Waals surface area contributed by atoms with E-state index in [0.717, 1.165) is 37.1 Å². The average Bonchev–Trinajstić information content (AvgIpc) is 2.46. The molecule has 0 saturated carbocycles. The van der Waals surface area contributed by atoms with Crippen molar-refractivity contribution in [2.24, 2.45) is 5.92 Å². The minimum Gasteiger partial charge on any atom is -0.342 e. The molecule has 1 amide bonds. The second-order valence-electron chi connectivity index (χ2n) is 6.63. The van der Waals surface area contributed by atoms with Gasteiger partial charge in [0.25, 0.3) is 0 Å². The maximum atomic E-state index is 12.4. The molecule has 1 atom stereocenters. The first kappa shape index (κ1) is 15.5. The number of hydrogen-bond donors (Lipinski definition) is 0. The first-order valence-corrected chi connectivity index (χ1v) is 9.73. The quantitative estimate of drug-likeness (QED) is 0.839. The first-order valence-electron chi connectivity index (χ1n) is 8.08. The highest BCUT2D eigenvalue weighted by molar-refractivity contribution is 7.91. The summed E-state index contributed by atoms with van der Waals surface area (Å²) in [6, 6.07) is 5.40. The Morgan fingerprint density at radius 2 is 2.14 bits per heavy atom. The first-order chi connectivity index (χ1) is 10.5. The number of carbonyl (C=O) groups is 1. The number of carbonyl (C=O) groups excluding carboxylic acids is 1. The van der Waals surface area contributed by atoms with E-state index >= 15 is 0 Å². The Labute approximate surface area is 132 Å². The molecular weight excluding hydrogens is 298 g/mol. The van der Waals surface area contributed by atoms with Crippen LogP contribution in [0.4, 0.5) is 0 Å². The fourth-order valence-electron chi connectivity index (χ4n) is 3.51. The van der Waals surface area contributed by atoms with Crippen molar-refractivity contribution in [1.82, 2.24) is 4.90 Å². The standard InChI is InChI=1S/C17H23NO3S/c1-13-4-2-8-18(12-13)17(19)11-14-6-7-16-15(10-14)5-3-9-22(16,20)21/h6-7,10,13H,2-5,8-9,11-12H2,1H3. The van der Waals surface area contributed by atoms with E-state index in [4.69, 9.17) is 0 Å². The molecule has 0 aliphatic carbocycles. The van der Waals surface area contributed by atoms with Gasteiger partial charge in [-0.25, -0.2) is 8.42 Å². The zero-order chi connectivity index (χ0) is 15.7. The van der Waals surface area contributed by atoms with Crippen LogP contribution in [0.1, 0.15) is 37.3 Å². The van der Waals surface area contributed by atoms with Gasteiger partial charge in [0.2, 0.25) is 5.91 Å². The van der Waals surface area contributed by atoms with Crippen molar-refractivity contribution in [3.05, 3.63) is 29.3 Å². The summed E-state index contributed by atoms with van der Waals surface area (Å²) < 4.78 is 24.0. The molecule has 5 heteroatoms. The predicted octanol–water partition coefficient (Wildman–Crippen LogP) is 2.21. The summed E-state index contributed by atoms with van der Waals surface area (Å²) in [6.07, 6.45) is 4.11. The minimum atomic E-state index is -3.11. The van der Waals surface area contributed by atoms with Crippen molar-refractivity contribution < 1.29 is 13.2 Å². The lowest BCUT2D eigenvalue weighted by Crippen LogP contribution is -2.39. The molecule has 1 fully saturated rings. The molecular formula is C17H23NO3S. The Balaban J connectivity index is 1.75. The molecule has 0 spiro atoms. The Hall–Kier alpha value is -1.36. The normalized spacial score (nSPS) is 23.9. The lowest BCUT2D eigenvalue weighted by Gasteiger charge is -2.31. The highest BCUT2D eigenvalue weighted by Gasteiger charge is 2.25. The van der Waals surface area contributed by atoms with Crippen LogP contribution in [-0.4, -0.2) is 38.1 Å². The van der Waals surface area contributed by atoms with Crippen LogP contribution in [0.2, 0.25) is 0 Å². The smallest absolute Gasteiger partial charge is 0.226 e. The fourth-order valence-corrected chi connectivity index (χ4v) is 5.09. The van der Waals surface area contributed by atoms with Gasteiger partial charge in [0.1, 0.15) is 0 Å². The molecule has 2 aliphatic heterocycles. The molecule has 0 radical (unpaired) electrons. The summed E-state index contributed by atoms with van der Waals surface area (Å²) in [7, 11) is -3.11. The minimum absolute atomic E-state index is 0.158. The summed E-state index contributed by atoms with van der Waals surface area (Å²) in [4.78, 5) is 14.8. The highest BCUT2D eigenvalue weighted by atomic mass is 32.2. The topological polar surface area (TPSA) is 54.5 Å². The van der Waals surface area contributed by atoms with E-state index in [9.17, 15) is 13.2 Å². The molecule has 2 aliphatic rings. The number of amides is 1. The molecule has 2 heterocycles. The third-order valence-corrected chi connectivity index (χ3v) is 6.58. The van der Waals surface area contributed by atoms with Crippen molar-refractivity contribution in [2.45, 2.75) is 43.9 Å². The van der Waals surface area contributed by atoms with Crippen LogP contribution in [0.25, 0.3) is 0 Å². The summed E-state index contributed by atoms with van der Waals surface area (Å²) in [5.41, 5.74) is 1.81. The third-order valence-electron chi connectivity index (χ3n) is 4.68. The predicted molar refractivity (Wildman–Crippen MR) is 85.5 cm³/mol. The van der Waals surface area contributed by atoms with E-state index in [1.54, 1.807) is 12.1 Å². The number of benzene rings is 1. The Morgan fingerprint density at radius 1 is 1.32 bits per heavy atom. The summed E-state index contributed by atoms with van der Waals surface area (Å²) in [5, 5.41) is 0. The monoisotopic (exact) mass is 321 g/mol. The molecule has 1 saturated heterocycles. The number of rotatable bonds is 2. The van der Waals surface area contributed by atoms with Gasteiger partial charge in [0, 0.05) is 13.1 Å². The van der Waals surface area contributed by atoms with Gasteiger partial charge in [-0.2, -0.15) is 0 Å². The second-order valence-corrected chi connectivity index (χ2v) is 8.71. The number of aryl methyl sites for hydroxylation is 1. The Kier molecular flexibility index (Phi) is 4.26. The average molecular weight is 321 g/mol. The molecule has 0 bridgehead atoms. The summed E-state index contributed by atoms with van der Waals surface area (Å²) in [6.45, 7) is 3.88. The molecule has 0 N–H and O–H groups in total. The number of piperidine rings is 1. The van der Waals surface area contributed by atoms with Crippen LogP contribution in [0.3, 0.4) is 0 Å². The maximum Gasteiger partial charge on any atom is 0.226 e. The van der Waals surface area contributed by atoms with Gasteiger partial charge in [-0.15, -0.1) is 0 Å². The lowest BCUT2D eigenvalue weighted by molar-refractivity contribution is -0.132. The van der Waals surface area contributed by atoms with Crippen molar-refractivity contribution in [2.75, 3.05) is 18.8 Å². The Morgan fingerprint density at radius 3 is 2.91 bits per heavy atom. The molecule has 1 unspecified atom stereocenters. The van der Waals surface area contributed by atoms with Crippen LogP contribution in [-0.2, 0) is 27.5 Å². The van der Waals surface area contributed by atoms with E-state index in [1.807, 2.05) is 11.0 Å². The fraction of sp³-hybridized carbons (Fsp3) is 0.588. The Bertz CT molecular complexity index is 681. The van der Waals surface area contributed by atoms with Gasteiger partial charge in [0.05, 0.1) is 17.1 Å². The van der Waals surface area contributed by atoms with Crippen LogP contribution in [0.15, 0.2) is 23.1 Å². The van der Waals surface area contributed by atoms with Crippen molar-refractivity contribution in [3.8, 4) is 0 Å². The van der Waals surface area contributed by atoms with E-state index in [1.165, 1.54) is 6.42 Å². The number of nitrogens with zero attached hydrogens (tertiary/aromatic N) is 1. The maximum absolute atomic E-state index is 12.4. The molecule has 120 valence electrons. The van der Waals surface area contributed by atoms with Gasteiger partial charge in [-0.1, -0.05) is 19.1 Å². The van der Waals surface area contributed by atoms with E-state index < -0.39 is 9.84 Å². The summed E-state index contributed by atoms with van der Waals surface area (Å²) in [5.74, 6) is 0.973. The van der Waals surface area contributed by atoms with E-state index in [2.05, 4.69) is 6.92 Å². The molecule has 1 aromatic carbocycles. The van der Waals surface area contributed by atoms with Gasteiger partial charge in [-0.3, -0.25) is 4.79 Å². The number of likely N-dealkylation sites (tertiary alicyclic amines) is 1. The molecule has 4 nitrogen and oxygen atoms in total. The molecule has 1 aromatic rings. The van der Waals surface area contributed by atoms with Crippen LogP contribution in [0, 0.1) is 5.92 Å². The number of sulfone groups is 1. The number of fused-ring (bicyclic) bond motifs is 1. The van der Waals surface area contributed by atoms with Crippen molar-refractivity contribution in [1.29, 1.82) is 0 Å². The van der Waals surface area contributed by atoms with E-state index in [0.29, 0.717) is 23.7 Å². The van der Waals surface area contributed by atoms with Crippen LogP contribution < -0.4 is 0 Å². The zero-order valence-corrected chi connectivity index (χ0v) is 13.9. The highest BCUT2D eigenvalue weighted by Crippen LogP contribution is 2.26. The van der Waals surface area contributed by atoms with Gasteiger partial charge < -0.3 is 4.90 Å². The zero-order valence-electron chi connectivity index (χ0n) is 13.0. The van der Waals surface area contributed by atoms with Crippen LogP contribution >= 0.6 is 0 Å². The van der Waals surface area contributed by atoms with E-state index in [-0.39, 0.29) is 11.7 Å². The van der Waals surface area contributed by atoms with Crippen molar-refractivity contribution in [3.63, 3.8) is 0 Å². The lowest BCUT2D eigenvalue weighted by atomic mass is 9.99. The van der Waals surface area contributed by atoms with Gasteiger partial charge in [-0.05, 0) is 48.8 Å². The SMILES string of the molecule is CC1CCCN(C(=O)Cc2ccc3c(c2)CCCS3(=O)=O)C1.